The molecule has 5 nitrogen and oxygen atoms in total. The van der Waals surface area contributed by atoms with Gasteiger partial charge in [0, 0.05) is 43.1 Å². The molecule has 3 fully saturated rings. The molecule has 1 heterocycles. The fourth-order valence-corrected chi connectivity index (χ4v) is 4.42. The zero-order valence-electron chi connectivity index (χ0n) is 16.5. The molecule has 3 unspecified atom stereocenters. The van der Waals surface area contributed by atoms with Crippen LogP contribution < -0.4 is 15.4 Å². The van der Waals surface area contributed by atoms with Crippen molar-refractivity contribution in [2.24, 2.45) is 22.2 Å². The average molecular weight is 485 g/mol. The van der Waals surface area contributed by atoms with Crippen molar-refractivity contribution in [3.05, 3.63) is 29.8 Å². The first kappa shape index (κ1) is 20.7. The van der Waals surface area contributed by atoms with E-state index in [2.05, 4.69) is 47.7 Å². The fraction of sp³-hybridized carbons (Fsp3) is 0.667. The maximum Gasteiger partial charge on any atom is 0.191 e. The number of hydrogen-bond acceptors (Lipinski definition) is 3. The molecule has 150 valence electrons. The van der Waals surface area contributed by atoms with E-state index in [1.54, 1.807) is 0 Å². The van der Waals surface area contributed by atoms with Crippen molar-refractivity contribution in [1.29, 1.82) is 0 Å². The molecule has 2 N–H and O–H groups in total. The molecule has 0 bridgehead atoms. The molecule has 1 aromatic rings. The number of rotatable bonds is 6. The summed E-state index contributed by atoms with van der Waals surface area (Å²) in [6.45, 7) is 6.99. The van der Waals surface area contributed by atoms with Crippen molar-refractivity contribution in [3.63, 3.8) is 0 Å². The smallest absolute Gasteiger partial charge is 0.191 e. The van der Waals surface area contributed by atoms with Gasteiger partial charge in [-0.1, -0.05) is 32.0 Å². The van der Waals surface area contributed by atoms with Crippen molar-refractivity contribution in [3.8, 4) is 5.75 Å². The van der Waals surface area contributed by atoms with Gasteiger partial charge in [0.2, 0.25) is 0 Å². The number of ether oxygens (including phenoxy) is 2. The number of guanidine groups is 1. The third-order valence-corrected chi connectivity index (χ3v) is 6.21. The van der Waals surface area contributed by atoms with Gasteiger partial charge in [0.25, 0.3) is 0 Å². The van der Waals surface area contributed by atoms with Crippen LogP contribution in [-0.4, -0.2) is 38.4 Å². The van der Waals surface area contributed by atoms with Gasteiger partial charge in [-0.2, -0.15) is 0 Å². The molecular weight excluding hydrogens is 453 g/mol. The normalized spacial score (nSPS) is 28.6. The summed E-state index contributed by atoms with van der Waals surface area (Å²) in [6, 6.07) is 8.69. The largest absolute Gasteiger partial charge is 0.493 e. The molecule has 1 aromatic carbocycles. The van der Waals surface area contributed by atoms with E-state index >= 15 is 0 Å². The lowest BCUT2D eigenvalue weighted by Crippen LogP contribution is -2.67. The minimum atomic E-state index is 0. The average Bonchev–Trinajstić information content (AvgIpc) is 3.36. The van der Waals surface area contributed by atoms with Gasteiger partial charge in [0.1, 0.15) is 5.75 Å². The summed E-state index contributed by atoms with van der Waals surface area (Å²) >= 11 is 0. The van der Waals surface area contributed by atoms with Gasteiger partial charge < -0.3 is 20.1 Å². The van der Waals surface area contributed by atoms with Gasteiger partial charge >= 0.3 is 0 Å². The number of hydrogen-bond donors (Lipinski definition) is 2. The van der Waals surface area contributed by atoms with Crippen LogP contribution in [0.5, 0.6) is 5.75 Å². The maximum atomic E-state index is 6.01. The number of nitrogens with one attached hydrogen (secondary N) is 2. The Labute approximate surface area is 179 Å². The van der Waals surface area contributed by atoms with Gasteiger partial charge in [0.15, 0.2) is 5.96 Å². The van der Waals surface area contributed by atoms with E-state index in [1.807, 2.05) is 13.1 Å². The zero-order chi connectivity index (χ0) is 18.1. The van der Waals surface area contributed by atoms with Gasteiger partial charge in [-0.05, 0) is 31.2 Å². The molecule has 0 spiro atoms. The summed E-state index contributed by atoms with van der Waals surface area (Å²) < 4.78 is 11.9. The van der Waals surface area contributed by atoms with E-state index < -0.39 is 0 Å². The molecule has 3 atom stereocenters. The van der Waals surface area contributed by atoms with Crippen molar-refractivity contribution < 1.29 is 9.47 Å². The van der Waals surface area contributed by atoms with Gasteiger partial charge in [-0.25, -0.2) is 0 Å². The van der Waals surface area contributed by atoms with E-state index in [1.165, 1.54) is 18.4 Å². The first-order valence-corrected chi connectivity index (χ1v) is 9.89. The second-order valence-corrected chi connectivity index (χ2v) is 8.48. The lowest BCUT2D eigenvalue weighted by Gasteiger charge is -2.54. The third kappa shape index (κ3) is 4.36. The first-order chi connectivity index (χ1) is 12.6. The highest BCUT2D eigenvalue weighted by Crippen LogP contribution is 2.52. The molecule has 1 aliphatic heterocycles. The standard InChI is InChI=1S/C21H31N3O2.HI/c1-21(2)18(16-10-11-25-19(16)21)24-20(22-3)23-12-15-6-4-5-7-17(15)26-13-14-8-9-14;/h4-7,14,16,18-19H,8-13H2,1-3H3,(H2,22,23,24);1H. The highest BCUT2D eigenvalue weighted by Gasteiger charge is 2.59. The van der Waals surface area contributed by atoms with Crippen LogP contribution in [-0.2, 0) is 11.3 Å². The van der Waals surface area contributed by atoms with Crippen molar-refractivity contribution in [1.82, 2.24) is 10.6 Å². The van der Waals surface area contributed by atoms with Gasteiger partial charge in [0.05, 0.1) is 12.7 Å². The van der Waals surface area contributed by atoms with Crippen LogP contribution in [0, 0.1) is 17.3 Å². The second-order valence-electron chi connectivity index (χ2n) is 8.48. The number of halogens is 1. The van der Waals surface area contributed by atoms with Crippen molar-refractivity contribution in [2.75, 3.05) is 20.3 Å². The monoisotopic (exact) mass is 485 g/mol. The Hall–Kier alpha value is -1.02. The van der Waals surface area contributed by atoms with Gasteiger partial charge in [-0.3, -0.25) is 4.99 Å². The van der Waals surface area contributed by atoms with Crippen LogP contribution in [0.2, 0.25) is 0 Å². The Morgan fingerprint density at radius 3 is 2.78 bits per heavy atom. The summed E-state index contributed by atoms with van der Waals surface area (Å²) in [5.74, 6) is 3.19. The minimum Gasteiger partial charge on any atom is -0.493 e. The van der Waals surface area contributed by atoms with Crippen LogP contribution in [0.3, 0.4) is 0 Å². The number of benzene rings is 1. The third-order valence-electron chi connectivity index (χ3n) is 6.21. The molecule has 0 radical (unpaired) electrons. The lowest BCUT2D eigenvalue weighted by molar-refractivity contribution is -0.106. The van der Waals surface area contributed by atoms with E-state index in [0.29, 0.717) is 24.6 Å². The van der Waals surface area contributed by atoms with Crippen LogP contribution in [0.25, 0.3) is 0 Å². The van der Waals surface area contributed by atoms with E-state index in [-0.39, 0.29) is 29.4 Å². The molecule has 1 saturated heterocycles. The predicted octanol–water partition coefficient (Wildman–Crippen LogP) is 3.57. The van der Waals surface area contributed by atoms with Crippen molar-refractivity contribution in [2.45, 2.75) is 51.8 Å². The molecular formula is C21H32IN3O2. The summed E-state index contributed by atoms with van der Waals surface area (Å²) in [5.41, 5.74) is 1.32. The molecule has 6 heteroatoms. The second kappa shape index (κ2) is 8.55. The SMILES string of the molecule is CN=C(NCc1ccccc1OCC1CC1)NC1C2CCOC2C1(C)C.I. The maximum absolute atomic E-state index is 6.01. The molecule has 2 aliphatic carbocycles. The number of aliphatic imine (C=N–C) groups is 1. The number of fused-ring (bicyclic) bond motifs is 1. The molecule has 3 aliphatic rings. The summed E-state index contributed by atoms with van der Waals surface area (Å²) in [6.07, 6.45) is 4.13. The summed E-state index contributed by atoms with van der Waals surface area (Å²) in [7, 11) is 1.83. The van der Waals surface area contributed by atoms with E-state index in [9.17, 15) is 0 Å². The Bertz CT molecular complexity index is 675. The minimum absolute atomic E-state index is 0. The Kier molecular flexibility index (Phi) is 6.56. The van der Waals surface area contributed by atoms with Crippen molar-refractivity contribution >= 4 is 29.9 Å². The summed E-state index contributed by atoms with van der Waals surface area (Å²) in [4.78, 5) is 4.43. The van der Waals surface area contributed by atoms with E-state index in [0.717, 1.165) is 37.3 Å². The number of nitrogens with zero attached hydrogens (tertiary/aromatic N) is 1. The molecule has 0 aromatic heterocycles. The van der Waals surface area contributed by atoms with E-state index in [4.69, 9.17) is 9.47 Å². The van der Waals surface area contributed by atoms with Crippen LogP contribution in [0.15, 0.2) is 29.3 Å². The topological polar surface area (TPSA) is 54.9 Å². The highest BCUT2D eigenvalue weighted by molar-refractivity contribution is 14.0. The zero-order valence-corrected chi connectivity index (χ0v) is 18.9. The molecule has 0 amide bonds. The Balaban J connectivity index is 0.00000210. The predicted molar refractivity (Wildman–Crippen MR) is 119 cm³/mol. The quantitative estimate of drug-likeness (QED) is 0.368. The first-order valence-electron chi connectivity index (χ1n) is 9.89. The van der Waals surface area contributed by atoms with Crippen LogP contribution in [0.1, 0.15) is 38.7 Å². The number of para-hydroxylation sites is 1. The molecule has 2 saturated carbocycles. The molecule has 27 heavy (non-hydrogen) atoms. The fourth-order valence-electron chi connectivity index (χ4n) is 4.42. The van der Waals surface area contributed by atoms with Crippen LogP contribution in [0.4, 0.5) is 0 Å². The Morgan fingerprint density at radius 1 is 1.26 bits per heavy atom. The van der Waals surface area contributed by atoms with Gasteiger partial charge in [-0.15, -0.1) is 24.0 Å². The van der Waals surface area contributed by atoms with Crippen LogP contribution >= 0.6 is 24.0 Å². The highest BCUT2D eigenvalue weighted by atomic mass is 127. The summed E-state index contributed by atoms with van der Waals surface area (Å²) in [5, 5.41) is 7.10. The lowest BCUT2D eigenvalue weighted by atomic mass is 9.57. The Morgan fingerprint density at radius 2 is 2.04 bits per heavy atom. The molecule has 4 rings (SSSR count).